The number of hydrogen-bond acceptors (Lipinski definition) is 3. The van der Waals surface area contributed by atoms with Crippen molar-refractivity contribution < 1.29 is 14.7 Å². The van der Waals surface area contributed by atoms with Crippen molar-refractivity contribution in [3.05, 3.63) is 64.4 Å². The van der Waals surface area contributed by atoms with E-state index in [1.807, 2.05) is 0 Å². The van der Waals surface area contributed by atoms with Crippen molar-refractivity contribution in [3.8, 4) is 0 Å². The minimum absolute atomic E-state index is 0.0819. The first-order chi connectivity index (χ1) is 10.1. The summed E-state index contributed by atoms with van der Waals surface area (Å²) in [6.07, 6.45) is 1.37. The van der Waals surface area contributed by atoms with Crippen molar-refractivity contribution in [2.45, 2.75) is 13.0 Å². The van der Waals surface area contributed by atoms with Crippen LogP contribution in [0.25, 0.3) is 0 Å². The highest BCUT2D eigenvalue weighted by Gasteiger charge is 2.10. The summed E-state index contributed by atoms with van der Waals surface area (Å²) in [4.78, 5) is 26.7. The summed E-state index contributed by atoms with van der Waals surface area (Å²) < 4.78 is 0. The van der Waals surface area contributed by atoms with Crippen molar-refractivity contribution in [2.75, 3.05) is 0 Å². The van der Waals surface area contributed by atoms with Gasteiger partial charge in [0, 0.05) is 17.8 Å². The highest BCUT2D eigenvalue weighted by Crippen LogP contribution is 2.11. The van der Waals surface area contributed by atoms with E-state index < -0.39 is 5.97 Å². The summed E-state index contributed by atoms with van der Waals surface area (Å²) in [5.41, 5.74) is 1.65. The zero-order valence-electron chi connectivity index (χ0n) is 11.0. The van der Waals surface area contributed by atoms with E-state index >= 15 is 0 Å². The lowest BCUT2D eigenvalue weighted by molar-refractivity contribution is -0.136. The average molecular weight is 305 g/mol. The SMILES string of the molecule is O=C(O)Cc1ccccc1CNC(=O)c1cc(Cl)ccn1. The molecule has 1 heterocycles. The maximum absolute atomic E-state index is 12.0. The molecule has 0 saturated carbocycles. The molecule has 0 fully saturated rings. The molecule has 2 rings (SSSR count). The number of nitrogens with one attached hydrogen (secondary N) is 1. The Morgan fingerprint density at radius 2 is 1.90 bits per heavy atom. The summed E-state index contributed by atoms with van der Waals surface area (Å²) in [5.74, 6) is -1.27. The van der Waals surface area contributed by atoms with Crippen molar-refractivity contribution >= 4 is 23.5 Å². The number of carboxylic acids is 1. The number of aliphatic carboxylic acids is 1. The maximum atomic E-state index is 12.0. The van der Waals surface area contributed by atoms with Crippen molar-refractivity contribution in [1.82, 2.24) is 10.3 Å². The third kappa shape index (κ3) is 4.29. The largest absolute Gasteiger partial charge is 0.481 e. The second-order valence-corrected chi connectivity index (χ2v) is 4.82. The van der Waals surface area contributed by atoms with E-state index in [2.05, 4.69) is 10.3 Å². The monoisotopic (exact) mass is 304 g/mol. The molecule has 1 aromatic carbocycles. The van der Waals surface area contributed by atoms with Gasteiger partial charge in [-0.2, -0.15) is 0 Å². The Morgan fingerprint density at radius 3 is 2.57 bits per heavy atom. The molecule has 2 N–H and O–H groups in total. The van der Waals surface area contributed by atoms with Crippen LogP contribution >= 0.6 is 11.6 Å². The van der Waals surface area contributed by atoms with Crippen LogP contribution in [0.1, 0.15) is 21.6 Å². The molecule has 6 heteroatoms. The molecule has 1 amide bonds. The van der Waals surface area contributed by atoms with E-state index in [0.717, 1.165) is 5.56 Å². The first kappa shape index (κ1) is 15.0. The molecule has 0 aliphatic heterocycles. The Morgan fingerprint density at radius 1 is 1.19 bits per heavy atom. The number of carbonyl (C=O) groups is 2. The van der Waals surface area contributed by atoms with Gasteiger partial charge in [-0.15, -0.1) is 0 Å². The van der Waals surface area contributed by atoms with Crippen LogP contribution in [0.4, 0.5) is 0 Å². The van der Waals surface area contributed by atoms with Gasteiger partial charge < -0.3 is 10.4 Å². The molecule has 0 aliphatic rings. The number of halogens is 1. The lowest BCUT2D eigenvalue weighted by Crippen LogP contribution is -2.24. The predicted molar refractivity (Wildman–Crippen MR) is 78.2 cm³/mol. The lowest BCUT2D eigenvalue weighted by atomic mass is 10.0. The van der Waals surface area contributed by atoms with Gasteiger partial charge >= 0.3 is 5.97 Å². The third-order valence-electron chi connectivity index (χ3n) is 2.85. The van der Waals surface area contributed by atoms with Gasteiger partial charge in [-0.05, 0) is 23.3 Å². The predicted octanol–water partition coefficient (Wildman–Crippen LogP) is 2.29. The minimum Gasteiger partial charge on any atom is -0.481 e. The van der Waals surface area contributed by atoms with Crippen molar-refractivity contribution in [3.63, 3.8) is 0 Å². The summed E-state index contributed by atoms with van der Waals surface area (Å²) in [7, 11) is 0. The maximum Gasteiger partial charge on any atom is 0.307 e. The molecule has 0 unspecified atom stereocenters. The van der Waals surface area contributed by atoms with Crippen molar-refractivity contribution in [2.24, 2.45) is 0 Å². The van der Waals surface area contributed by atoms with E-state index in [0.29, 0.717) is 10.6 Å². The van der Waals surface area contributed by atoms with E-state index in [1.165, 1.54) is 12.3 Å². The quantitative estimate of drug-likeness (QED) is 0.888. The van der Waals surface area contributed by atoms with Gasteiger partial charge in [-0.25, -0.2) is 0 Å². The fraction of sp³-hybridized carbons (Fsp3) is 0.133. The topological polar surface area (TPSA) is 79.3 Å². The molecule has 108 valence electrons. The van der Waals surface area contributed by atoms with Gasteiger partial charge in [-0.1, -0.05) is 35.9 Å². The van der Waals surface area contributed by atoms with Crippen LogP contribution in [0, 0.1) is 0 Å². The molecule has 0 aliphatic carbocycles. The van der Waals surface area contributed by atoms with Gasteiger partial charge in [0.25, 0.3) is 5.91 Å². The normalized spacial score (nSPS) is 10.1. The molecular formula is C15H13ClN2O3. The molecule has 0 radical (unpaired) electrons. The average Bonchev–Trinajstić information content (AvgIpc) is 2.45. The highest BCUT2D eigenvalue weighted by atomic mass is 35.5. The fourth-order valence-corrected chi connectivity index (χ4v) is 2.02. The molecule has 0 saturated heterocycles. The standard InChI is InChI=1S/C15H13ClN2O3/c16-12-5-6-17-13(8-12)15(21)18-9-11-4-2-1-3-10(11)7-14(19)20/h1-6,8H,7,9H2,(H,18,21)(H,19,20). The van der Waals surface area contributed by atoms with Crippen LogP contribution in [0.3, 0.4) is 0 Å². The lowest BCUT2D eigenvalue weighted by Gasteiger charge is -2.09. The second-order valence-electron chi connectivity index (χ2n) is 4.38. The van der Waals surface area contributed by atoms with Crippen LogP contribution in [-0.4, -0.2) is 22.0 Å². The number of amides is 1. The van der Waals surface area contributed by atoms with Crippen LogP contribution in [-0.2, 0) is 17.8 Å². The Bertz CT molecular complexity index is 673. The smallest absolute Gasteiger partial charge is 0.307 e. The van der Waals surface area contributed by atoms with E-state index in [9.17, 15) is 9.59 Å². The Kier molecular flexibility index (Phi) is 4.90. The van der Waals surface area contributed by atoms with Gasteiger partial charge in [0.05, 0.1) is 6.42 Å². The third-order valence-corrected chi connectivity index (χ3v) is 3.09. The van der Waals surface area contributed by atoms with Crippen molar-refractivity contribution in [1.29, 1.82) is 0 Å². The fourth-order valence-electron chi connectivity index (χ4n) is 1.86. The van der Waals surface area contributed by atoms with E-state index in [4.69, 9.17) is 16.7 Å². The zero-order chi connectivity index (χ0) is 15.2. The summed E-state index contributed by atoms with van der Waals surface area (Å²) in [5, 5.41) is 12.0. The molecule has 2 aromatic rings. The molecule has 1 aromatic heterocycles. The number of rotatable bonds is 5. The van der Waals surface area contributed by atoms with Gasteiger partial charge in [-0.3, -0.25) is 14.6 Å². The van der Waals surface area contributed by atoms with E-state index in [1.54, 1.807) is 30.3 Å². The van der Waals surface area contributed by atoms with Gasteiger partial charge in [0.15, 0.2) is 0 Å². The number of hydrogen-bond donors (Lipinski definition) is 2. The summed E-state index contributed by atoms with van der Waals surface area (Å²) in [6.45, 7) is 0.233. The highest BCUT2D eigenvalue weighted by molar-refractivity contribution is 6.30. The second kappa shape index (κ2) is 6.85. The Hall–Kier alpha value is -2.40. The first-order valence-electron chi connectivity index (χ1n) is 6.24. The first-order valence-corrected chi connectivity index (χ1v) is 6.62. The number of nitrogens with zero attached hydrogens (tertiary/aromatic N) is 1. The molecular weight excluding hydrogens is 292 g/mol. The number of aromatic nitrogens is 1. The van der Waals surface area contributed by atoms with Crippen LogP contribution in [0.15, 0.2) is 42.6 Å². The Balaban J connectivity index is 2.06. The molecule has 0 atom stereocenters. The molecule has 5 nitrogen and oxygen atoms in total. The van der Waals surface area contributed by atoms with Gasteiger partial charge in [0.1, 0.15) is 5.69 Å². The number of pyridine rings is 1. The number of benzene rings is 1. The van der Waals surface area contributed by atoms with Gasteiger partial charge in [0.2, 0.25) is 0 Å². The molecule has 21 heavy (non-hydrogen) atoms. The van der Waals surface area contributed by atoms with E-state index in [-0.39, 0.29) is 24.6 Å². The number of carboxylic acid groups (broad SMARTS) is 1. The number of carbonyl (C=O) groups excluding carboxylic acids is 1. The summed E-state index contributed by atoms with van der Waals surface area (Å²) in [6, 6.07) is 10.1. The Labute approximate surface area is 126 Å². The van der Waals surface area contributed by atoms with Crippen LogP contribution in [0.5, 0.6) is 0 Å². The zero-order valence-corrected chi connectivity index (χ0v) is 11.8. The summed E-state index contributed by atoms with van der Waals surface area (Å²) >= 11 is 5.80. The van der Waals surface area contributed by atoms with Crippen LogP contribution in [0.2, 0.25) is 5.02 Å². The molecule has 0 bridgehead atoms. The van der Waals surface area contributed by atoms with Crippen LogP contribution < -0.4 is 5.32 Å². The molecule has 0 spiro atoms. The minimum atomic E-state index is -0.912.